The number of aromatic hydroxyl groups is 1. The van der Waals surface area contributed by atoms with Gasteiger partial charge < -0.3 is 10.2 Å². The van der Waals surface area contributed by atoms with Crippen LogP contribution in [0.4, 0.5) is 5.69 Å². The van der Waals surface area contributed by atoms with Crippen LogP contribution in [-0.4, -0.2) is 46.9 Å². The second kappa shape index (κ2) is 11.9. The molecule has 2 aromatic rings. The van der Waals surface area contributed by atoms with Crippen LogP contribution in [0.2, 0.25) is 0 Å². The van der Waals surface area contributed by atoms with Gasteiger partial charge in [0, 0.05) is 0 Å². The minimum absolute atomic E-state index is 0.000315. The first kappa shape index (κ1) is 30.1. The topological polar surface area (TPSA) is 86.8 Å². The molecule has 0 bridgehead atoms. The number of unbranched alkanes of at least 4 members (excludes halogenated alkanes) is 5. The Morgan fingerprint density at radius 2 is 1.79 bits per heavy atom. The van der Waals surface area contributed by atoms with Crippen LogP contribution in [-0.2, 0) is 12.0 Å². The molecule has 2 fully saturated rings. The van der Waals surface area contributed by atoms with Crippen molar-refractivity contribution < 1.29 is 15.1 Å². The Bertz CT molecular complexity index is 1310. The third-order valence-electron chi connectivity index (χ3n) is 11.7. The molecule has 0 radical (unpaired) electrons. The summed E-state index contributed by atoms with van der Waals surface area (Å²) in [5.74, 6) is 2.88. The van der Waals surface area contributed by atoms with Crippen molar-refractivity contribution in [2.24, 2.45) is 23.2 Å². The van der Waals surface area contributed by atoms with Gasteiger partial charge in [-0.3, -0.25) is 0 Å². The van der Waals surface area contributed by atoms with Gasteiger partial charge in [0.15, 0.2) is 0 Å². The summed E-state index contributed by atoms with van der Waals surface area (Å²) in [5.41, 5.74) is 4.18. The van der Waals surface area contributed by atoms with Crippen molar-refractivity contribution in [3.63, 3.8) is 0 Å². The first-order chi connectivity index (χ1) is 20.1. The Balaban J connectivity index is 0.989. The number of fused-ring (bicyclic) bond motifs is 6. The number of nitro benzene ring substituents is 1. The third-order valence-corrected chi connectivity index (χ3v) is 14.8. The Hall–Kier alpha value is -1.92. The monoisotopic (exact) mass is 640 g/mol. The number of nitro groups is 1. The maximum atomic E-state index is 11.6. The van der Waals surface area contributed by atoms with Crippen LogP contribution in [0.25, 0.3) is 0 Å². The number of phenols is 1. The van der Waals surface area contributed by atoms with E-state index in [-0.39, 0.29) is 42.8 Å². The zero-order chi connectivity index (χ0) is 29.6. The summed E-state index contributed by atoms with van der Waals surface area (Å²) in [6.07, 6.45) is 14.0. The summed E-state index contributed by atoms with van der Waals surface area (Å²) >= 11 is 0.000315. The fraction of sp³-hybridized carbons (Fsp3) is 0.657. The van der Waals surface area contributed by atoms with E-state index in [1.54, 1.807) is 6.07 Å². The number of phenolic OH excluding ortho intramolecular Hbond substituents is 1. The molecule has 6 atom stereocenters. The first-order valence-corrected chi connectivity index (χ1v) is 18.0. The zero-order valence-corrected chi connectivity index (χ0v) is 27.3. The molecule has 2 N–H and O–H groups in total. The van der Waals surface area contributed by atoms with Crippen LogP contribution >= 0.6 is 0 Å². The van der Waals surface area contributed by atoms with E-state index in [1.807, 2.05) is 18.2 Å². The van der Waals surface area contributed by atoms with E-state index in [9.17, 15) is 20.3 Å². The summed E-state index contributed by atoms with van der Waals surface area (Å²) < 4.78 is 3.43. The molecule has 4 aliphatic rings. The molecule has 7 heteroatoms. The average Bonchev–Trinajstić information content (AvgIpc) is 3.40. The molecule has 0 aromatic heterocycles. The quantitative estimate of drug-likeness (QED) is 0.127. The van der Waals surface area contributed by atoms with Gasteiger partial charge >= 0.3 is 175 Å². The number of benzene rings is 2. The van der Waals surface area contributed by atoms with E-state index >= 15 is 0 Å². The second-order valence-electron chi connectivity index (χ2n) is 14.3. The SMILES string of the molecule is CC1(C)c2cccc([N+](=O)[O-])c2[Se]N1CCCCCCCC[C@@H]1Cc2cc(O)ccc2[C@H]2CC[C@]3(C)[C@@H](O)CC[C@H]3[C@H]12. The summed E-state index contributed by atoms with van der Waals surface area (Å²) in [5, 5.41) is 32.7. The van der Waals surface area contributed by atoms with Crippen molar-refractivity contribution in [3.05, 3.63) is 63.2 Å². The summed E-state index contributed by atoms with van der Waals surface area (Å²) in [4.78, 5) is 11.3. The molecule has 0 unspecified atom stereocenters. The van der Waals surface area contributed by atoms with Crippen molar-refractivity contribution in [1.82, 2.24) is 3.92 Å². The number of hydrogen-bond acceptors (Lipinski definition) is 5. The van der Waals surface area contributed by atoms with Crippen LogP contribution in [0, 0.1) is 33.3 Å². The molecule has 6 nitrogen and oxygen atoms in total. The molecule has 2 saturated carbocycles. The van der Waals surface area contributed by atoms with Gasteiger partial charge in [-0.1, -0.05) is 13.0 Å². The van der Waals surface area contributed by atoms with Crippen LogP contribution < -0.4 is 4.46 Å². The Morgan fingerprint density at radius 3 is 2.57 bits per heavy atom. The van der Waals surface area contributed by atoms with E-state index < -0.39 is 0 Å². The molecule has 42 heavy (non-hydrogen) atoms. The van der Waals surface area contributed by atoms with Gasteiger partial charge in [0.1, 0.15) is 5.75 Å². The molecular formula is C35H48N2O4Se. The molecule has 1 heterocycles. The molecule has 1 aliphatic heterocycles. The molecular weight excluding hydrogens is 591 g/mol. The molecule has 3 aliphatic carbocycles. The summed E-state index contributed by atoms with van der Waals surface area (Å²) in [6, 6.07) is 11.6. The van der Waals surface area contributed by atoms with Crippen molar-refractivity contribution in [3.8, 4) is 5.75 Å². The Labute approximate surface area is 257 Å². The normalized spacial score (nSPS) is 31.3. The number of aliphatic hydroxyl groups excluding tert-OH is 1. The molecule has 0 saturated heterocycles. The third kappa shape index (κ3) is 5.33. The molecule has 6 rings (SSSR count). The predicted molar refractivity (Wildman–Crippen MR) is 168 cm³/mol. The molecule has 2 aromatic carbocycles. The zero-order valence-electron chi connectivity index (χ0n) is 25.6. The number of hydrogen-bond donors (Lipinski definition) is 2. The molecule has 0 spiro atoms. The minimum atomic E-state index is -0.222. The van der Waals surface area contributed by atoms with Gasteiger partial charge in [0.2, 0.25) is 0 Å². The van der Waals surface area contributed by atoms with Gasteiger partial charge in [-0.15, -0.1) is 0 Å². The fourth-order valence-electron chi connectivity index (χ4n) is 9.33. The number of aliphatic hydroxyl groups is 1. The van der Waals surface area contributed by atoms with Crippen LogP contribution in [0.1, 0.15) is 114 Å². The van der Waals surface area contributed by atoms with E-state index in [0.29, 0.717) is 29.4 Å². The van der Waals surface area contributed by atoms with Gasteiger partial charge in [-0.05, 0) is 48.8 Å². The Kier molecular flexibility index (Phi) is 8.52. The van der Waals surface area contributed by atoms with Crippen LogP contribution in [0.15, 0.2) is 36.4 Å². The second-order valence-corrected chi connectivity index (χ2v) is 16.5. The van der Waals surface area contributed by atoms with Gasteiger partial charge in [-0.2, -0.15) is 0 Å². The van der Waals surface area contributed by atoms with E-state index in [2.05, 4.69) is 36.8 Å². The van der Waals surface area contributed by atoms with Gasteiger partial charge in [0.25, 0.3) is 0 Å². The standard InChI is InChI=1S/C35H48N2O4Se/c1-34(2)29-12-10-13-30(37(40)41)33(29)42-36(34)20-9-7-5-4-6-8-11-23-21-24-22-25(38)14-15-26(24)27-18-19-35(3)28(32(23)27)16-17-31(35)39/h10,12-15,22-23,27-28,31-32,38-39H,4-9,11,16-21H2,1-3H3/t23-,27-,28+,31+,32-,35+/m1/s1. The van der Waals surface area contributed by atoms with Gasteiger partial charge in [0.05, 0.1) is 6.10 Å². The van der Waals surface area contributed by atoms with Crippen LogP contribution in [0.3, 0.4) is 0 Å². The predicted octanol–water partition coefficient (Wildman–Crippen LogP) is 6.97. The van der Waals surface area contributed by atoms with Crippen molar-refractivity contribution in [2.45, 2.75) is 115 Å². The van der Waals surface area contributed by atoms with E-state index in [4.69, 9.17) is 0 Å². The number of nitrogens with zero attached hydrogens (tertiary/aromatic N) is 2. The van der Waals surface area contributed by atoms with Crippen molar-refractivity contribution in [2.75, 3.05) is 6.54 Å². The van der Waals surface area contributed by atoms with Gasteiger partial charge in [-0.25, -0.2) is 0 Å². The number of rotatable bonds is 10. The molecule has 228 valence electrons. The maximum absolute atomic E-state index is 11.6. The molecule has 0 amide bonds. The first-order valence-electron chi connectivity index (χ1n) is 16.3. The summed E-state index contributed by atoms with van der Waals surface area (Å²) in [7, 11) is 0. The Morgan fingerprint density at radius 1 is 1.02 bits per heavy atom. The average molecular weight is 640 g/mol. The van der Waals surface area contributed by atoms with E-state index in [0.717, 1.165) is 55.1 Å². The summed E-state index contributed by atoms with van der Waals surface area (Å²) in [6.45, 7) is 7.78. The van der Waals surface area contributed by atoms with E-state index in [1.165, 1.54) is 49.7 Å². The van der Waals surface area contributed by atoms with Crippen molar-refractivity contribution in [1.29, 1.82) is 0 Å². The fourth-order valence-corrected chi connectivity index (χ4v) is 12.3. The van der Waals surface area contributed by atoms with Crippen molar-refractivity contribution >= 4 is 25.3 Å². The van der Waals surface area contributed by atoms with Crippen LogP contribution in [0.5, 0.6) is 5.75 Å².